The van der Waals surface area contributed by atoms with E-state index in [2.05, 4.69) is 10.1 Å². The summed E-state index contributed by atoms with van der Waals surface area (Å²) < 4.78 is 4.59. The van der Waals surface area contributed by atoms with E-state index in [1.807, 2.05) is 0 Å². The van der Waals surface area contributed by atoms with Gasteiger partial charge in [0.1, 0.15) is 6.10 Å². The first kappa shape index (κ1) is 47.5. The molecule has 1 fully saturated rings. The molecule has 1 rings (SSSR count). The van der Waals surface area contributed by atoms with Gasteiger partial charge in [0, 0.05) is 41.7 Å². The van der Waals surface area contributed by atoms with Crippen molar-refractivity contribution in [3.05, 3.63) is 0 Å². The Labute approximate surface area is 281 Å². The summed E-state index contributed by atoms with van der Waals surface area (Å²) in [7, 11) is 0. The van der Waals surface area contributed by atoms with Gasteiger partial charge in [-0.25, -0.2) is 4.79 Å². The van der Waals surface area contributed by atoms with E-state index in [9.17, 15) is 44.4 Å². The van der Waals surface area contributed by atoms with Gasteiger partial charge in [-0.05, 0) is 25.9 Å². The number of aliphatic hydroxyl groups is 3. The Morgan fingerprint density at radius 1 is 1.03 bits per heavy atom. The number of aliphatic hydroxyl groups excluding tert-OH is 3. The number of rotatable bonds is 10. The molecule has 0 aromatic carbocycles. The van der Waals surface area contributed by atoms with E-state index in [0.717, 1.165) is 0 Å². The zero-order chi connectivity index (χ0) is 29.1. The monoisotopic (exact) mass is 604 g/mol. The van der Waals surface area contributed by atoms with Crippen LogP contribution in [0.3, 0.4) is 0 Å². The molecule has 0 radical (unpaired) electrons. The van der Waals surface area contributed by atoms with Crippen molar-refractivity contribution in [2.75, 3.05) is 32.8 Å². The van der Waals surface area contributed by atoms with Crippen LogP contribution >= 0.6 is 0 Å². The van der Waals surface area contributed by atoms with Crippen molar-refractivity contribution in [1.29, 1.82) is 0 Å². The first-order valence-corrected chi connectivity index (χ1v) is 10.8. The molecule has 1 aliphatic rings. The molecule has 1 saturated heterocycles. The van der Waals surface area contributed by atoms with Crippen LogP contribution in [-0.4, -0.2) is 166 Å². The number of cyclic esters (lactones) is 1. The fourth-order valence-corrected chi connectivity index (χ4v) is 1.80. The van der Waals surface area contributed by atoms with Crippen LogP contribution in [0.25, 0.3) is 0 Å². The molecule has 0 unspecified atom stereocenters. The Bertz CT molecular complexity index is 693. The summed E-state index contributed by atoms with van der Waals surface area (Å²) in [5.41, 5.74) is 8.27. The summed E-state index contributed by atoms with van der Waals surface area (Å²) in [4.78, 5) is 50.6. The number of esters is 1. The number of nitrogens with two attached hydrogens (primary N) is 2. The third kappa shape index (κ3) is 25.9. The van der Waals surface area contributed by atoms with Crippen molar-refractivity contribution in [2.24, 2.45) is 22.3 Å². The van der Waals surface area contributed by atoms with Gasteiger partial charge in [0.15, 0.2) is 6.10 Å². The number of aliphatic carboxylic acids is 3. The minimum Gasteiger partial charge on any atom is -0.550 e. The van der Waals surface area contributed by atoms with Crippen LogP contribution in [0.1, 0.15) is 47.0 Å². The number of hydrogen-bond acceptors (Lipinski definition) is 14. The molecule has 0 aromatic heterocycles. The number of nitrogens with one attached hydrogen (secondary N) is 1. The Morgan fingerprint density at radius 3 is 1.61 bits per heavy atom. The smallest absolute Gasteiger partial charge is 0.550 e. The molecular weight excluding hydrogens is 566 g/mol. The van der Waals surface area contributed by atoms with E-state index in [4.69, 9.17) is 21.7 Å². The minimum atomic E-state index is -1.37. The van der Waals surface area contributed by atoms with Gasteiger partial charge in [0.2, 0.25) is 5.91 Å². The van der Waals surface area contributed by atoms with Crippen LogP contribution in [-0.2, 0) is 28.7 Å². The Balaban J connectivity index is -0.000000135. The molecular formula is C21H38Ca2N3O12+. The fourth-order valence-electron chi connectivity index (χ4n) is 1.80. The fraction of sp³-hybridized carbons (Fsp3) is 0.762. The topological polar surface area (TPSA) is 289 Å². The molecule has 0 aromatic rings. The SMILES string of the molecule is CC(C)(CO)[C@@H](O)C(=O)NCCC(=O)[O-].CC1(C)COC(=O)[C@H]1O.NCCC(=O)[O-].NCCC(=O)[O-].[Ca+2].[Ca+2]. The largest absolute Gasteiger partial charge is 2.00 e. The van der Waals surface area contributed by atoms with Crippen LogP contribution in [0.4, 0.5) is 0 Å². The second kappa shape index (κ2) is 25.6. The quantitative estimate of drug-likeness (QED) is 0.0998. The summed E-state index contributed by atoms with van der Waals surface area (Å²) >= 11 is 0. The molecule has 17 heteroatoms. The van der Waals surface area contributed by atoms with Gasteiger partial charge in [-0.3, -0.25) is 4.79 Å². The molecule has 0 saturated carbocycles. The van der Waals surface area contributed by atoms with Gasteiger partial charge in [0.25, 0.3) is 0 Å². The number of hydrogen-bond donors (Lipinski definition) is 6. The predicted molar refractivity (Wildman–Crippen MR) is 129 cm³/mol. The van der Waals surface area contributed by atoms with E-state index in [1.165, 1.54) is 13.8 Å². The van der Waals surface area contributed by atoms with Crippen molar-refractivity contribution >= 4 is 105 Å². The van der Waals surface area contributed by atoms with E-state index in [1.54, 1.807) is 13.8 Å². The molecule has 1 aliphatic heterocycles. The maximum atomic E-state index is 11.2. The number of carboxylic acids is 3. The third-order valence-electron chi connectivity index (χ3n) is 4.27. The second-order valence-corrected chi connectivity index (χ2v) is 8.78. The van der Waals surface area contributed by atoms with E-state index in [-0.39, 0.29) is 121 Å². The number of carbonyl (C=O) groups excluding carboxylic acids is 5. The molecule has 212 valence electrons. The van der Waals surface area contributed by atoms with Gasteiger partial charge in [-0.15, -0.1) is 0 Å². The van der Waals surface area contributed by atoms with Gasteiger partial charge in [0.05, 0.1) is 13.2 Å². The number of carbonyl (C=O) groups is 5. The van der Waals surface area contributed by atoms with Crippen LogP contribution in [0, 0.1) is 10.8 Å². The van der Waals surface area contributed by atoms with Gasteiger partial charge < -0.3 is 66.5 Å². The summed E-state index contributed by atoms with van der Waals surface area (Å²) in [5, 5.41) is 58.5. The zero-order valence-corrected chi connectivity index (χ0v) is 26.8. The summed E-state index contributed by atoms with van der Waals surface area (Å²) in [6.07, 6.45) is -2.69. The summed E-state index contributed by atoms with van der Waals surface area (Å²) in [6.45, 7) is 6.86. The average molecular weight is 605 g/mol. The van der Waals surface area contributed by atoms with Crippen LogP contribution in [0.2, 0.25) is 0 Å². The summed E-state index contributed by atoms with van der Waals surface area (Å²) in [5.74, 6) is -4.64. The number of ether oxygens (including phenoxy) is 1. The Kier molecular flexibility index (Phi) is 32.0. The van der Waals surface area contributed by atoms with E-state index < -0.39 is 52.8 Å². The van der Waals surface area contributed by atoms with E-state index >= 15 is 0 Å². The molecule has 8 N–H and O–H groups in total. The van der Waals surface area contributed by atoms with Crippen molar-refractivity contribution in [1.82, 2.24) is 5.32 Å². The molecule has 1 heterocycles. The molecule has 1 amide bonds. The normalized spacial score (nSPS) is 15.5. The molecule has 0 aliphatic carbocycles. The van der Waals surface area contributed by atoms with Crippen molar-refractivity contribution in [2.45, 2.75) is 59.2 Å². The molecule has 2 atom stereocenters. The number of carboxylic acid groups (broad SMARTS) is 3. The van der Waals surface area contributed by atoms with Crippen molar-refractivity contribution in [3.8, 4) is 0 Å². The van der Waals surface area contributed by atoms with Gasteiger partial charge >= 0.3 is 81.4 Å². The van der Waals surface area contributed by atoms with Gasteiger partial charge in [-0.2, -0.15) is 0 Å². The Morgan fingerprint density at radius 2 is 1.42 bits per heavy atom. The standard InChI is InChI=1S/C9H17NO5.C6H10O3.2C3H7NO2.2Ca/c1-9(2,5-11)7(14)8(15)10-4-3-6(12)13;1-6(2)3-9-5(8)4(6)7;2*4-2-1-3(5)6;;/h7,11,14H,3-5H2,1-2H3,(H,10,15)(H,12,13);4,7H,3H2,1-2H3;2*1-2,4H2,(H,5,6);;/q;;;;2*+2/p-3/t7-;4-;;;;/m01..../s1. The Hall–Kier alpha value is -0.331. The van der Waals surface area contributed by atoms with Gasteiger partial charge in [-0.1, -0.05) is 27.7 Å². The van der Waals surface area contributed by atoms with Crippen molar-refractivity contribution < 1.29 is 59.3 Å². The zero-order valence-electron chi connectivity index (χ0n) is 22.4. The third-order valence-corrected chi connectivity index (χ3v) is 4.27. The summed E-state index contributed by atoms with van der Waals surface area (Å²) in [6, 6.07) is 0. The maximum absolute atomic E-state index is 11.2. The minimum absolute atomic E-state index is 0. The predicted octanol–water partition coefficient (Wildman–Crippen LogP) is -7.04. The van der Waals surface area contributed by atoms with E-state index in [0.29, 0.717) is 6.61 Å². The number of amides is 1. The average Bonchev–Trinajstić information content (AvgIpc) is 3.00. The first-order valence-electron chi connectivity index (χ1n) is 10.8. The molecule has 0 spiro atoms. The first-order chi connectivity index (χ1) is 16.4. The van der Waals surface area contributed by atoms with Crippen LogP contribution < -0.4 is 32.1 Å². The molecule has 0 bridgehead atoms. The van der Waals surface area contributed by atoms with Crippen LogP contribution in [0.5, 0.6) is 0 Å². The molecule has 38 heavy (non-hydrogen) atoms. The molecule has 15 nitrogen and oxygen atoms in total. The van der Waals surface area contributed by atoms with Crippen LogP contribution in [0.15, 0.2) is 0 Å². The second-order valence-electron chi connectivity index (χ2n) is 8.78. The maximum Gasteiger partial charge on any atom is 2.00 e. The van der Waals surface area contributed by atoms with Crippen molar-refractivity contribution in [3.63, 3.8) is 0 Å².